The molecule has 36 heavy (non-hydrogen) atoms. The number of amides is 1. The molecule has 1 fully saturated rings. The van der Waals surface area contributed by atoms with Crippen molar-refractivity contribution in [2.24, 2.45) is 11.8 Å². The van der Waals surface area contributed by atoms with Gasteiger partial charge in [-0.25, -0.2) is 8.42 Å². The Bertz CT molecular complexity index is 1110. The van der Waals surface area contributed by atoms with Crippen LogP contribution in [-0.2, 0) is 16.6 Å². The number of benzene rings is 1. The maximum Gasteiger partial charge on any atom is 0.263 e. The van der Waals surface area contributed by atoms with E-state index < -0.39 is 10.0 Å². The lowest BCUT2D eigenvalue weighted by Gasteiger charge is -2.35. The molecule has 0 aliphatic carbocycles. The van der Waals surface area contributed by atoms with Crippen LogP contribution in [0.5, 0.6) is 5.75 Å². The highest BCUT2D eigenvalue weighted by atomic mass is 32.2. The van der Waals surface area contributed by atoms with Crippen molar-refractivity contribution in [1.29, 1.82) is 0 Å². The number of aromatic nitrogens is 2. The maximum atomic E-state index is 13.8. The topological polar surface area (TPSA) is 88.0 Å². The summed E-state index contributed by atoms with van der Waals surface area (Å²) in [4.78, 5) is 17.5. The zero-order valence-electron chi connectivity index (χ0n) is 22.5. The lowest BCUT2D eigenvalue weighted by Crippen LogP contribution is -2.49. The summed E-state index contributed by atoms with van der Waals surface area (Å²) in [5, 5.41) is 4.22. The first-order chi connectivity index (χ1) is 17.1. The van der Waals surface area contributed by atoms with Gasteiger partial charge < -0.3 is 14.5 Å². The van der Waals surface area contributed by atoms with E-state index in [1.54, 1.807) is 11.1 Å². The molecule has 0 atom stereocenters. The average Bonchev–Trinajstić information content (AvgIpc) is 3.29. The number of anilines is 1. The first-order valence-corrected chi connectivity index (χ1v) is 14.4. The zero-order valence-corrected chi connectivity index (χ0v) is 23.3. The zero-order chi connectivity index (χ0) is 26.5. The van der Waals surface area contributed by atoms with Crippen LogP contribution in [-0.4, -0.2) is 79.2 Å². The van der Waals surface area contributed by atoms with E-state index in [9.17, 15) is 13.2 Å². The summed E-state index contributed by atoms with van der Waals surface area (Å²) in [5.41, 5.74) is 1.11. The highest BCUT2D eigenvalue weighted by Crippen LogP contribution is 2.30. The quantitative estimate of drug-likeness (QED) is 0.451. The van der Waals surface area contributed by atoms with Crippen molar-refractivity contribution < 1.29 is 17.9 Å². The molecular formula is C26H41N5O4S. The number of ether oxygens (including phenoxy) is 1. The molecule has 1 aliphatic heterocycles. The fraction of sp³-hybridized carbons (Fsp3) is 0.615. The fourth-order valence-corrected chi connectivity index (χ4v) is 6.00. The molecule has 0 N–H and O–H groups in total. The summed E-state index contributed by atoms with van der Waals surface area (Å²) >= 11 is 0. The van der Waals surface area contributed by atoms with Crippen molar-refractivity contribution in [2.75, 3.05) is 50.8 Å². The molecule has 0 spiro atoms. The molecule has 0 saturated carbocycles. The number of nitrogens with zero attached hydrogens (tertiary/aromatic N) is 5. The molecule has 9 nitrogen and oxygen atoms in total. The predicted octanol–water partition coefficient (Wildman–Crippen LogP) is 3.57. The van der Waals surface area contributed by atoms with Crippen LogP contribution < -0.4 is 9.64 Å². The normalized spacial score (nSPS) is 15.1. The molecule has 1 amide bonds. The number of carbonyl (C=O) groups is 1. The van der Waals surface area contributed by atoms with Gasteiger partial charge >= 0.3 is 0 Å². The Morgan fingerprint density at radius 3 is 2.19 bits per heavy atom. The van der Waals surface area contributed by atoms with Crippen molar-refractivity contribution in [2.45, 2.75) is 53.1 Å². The first kappa shape index (κ1) is 28.0. The minimum Gasteiger partial charge on any atom is -0.492 e. The minimum atomic E-state index is -3.95. The Morgan fingerprint density at radius 2 is 1.64 bits per heavy atom. The summed E-state index contributed by atoms with van der Waals surface area (Å²) in [5.74, 6) is 1.05. The number of rotatable bonds is 11. The van der Waals surface area contributed by atoms with E-state index in [4.69, 9.17) is 4.74 Å². The summed E-state index contributed by atoms with van der Waals surface area (Å²) in [7, 11) is -3.95. The molecule has 200 valence electrons. The van der Waals surface area contributed by atoms with Gasteiger partial charge in [0.05, 0.1) is 17.9 Å². The third kappa shape index (κ3) is 6.39. The number of aryl methyl sites for hydroxylation is 1. The Kier molecular flexibility index (Phi) is 9.41. The monoisotopic (exact) mass is 519 g/mol. The molecule has 1 aliphatic rings. The molecule has 1 saturated heterocycles. The number of hydrogen-bond acceptors (Lipinski definition) is 6. The molecule has 3 rings (SSSR count). The number of sulfonamides is 1. The molecule has 1 aromatic heterocycles. The summed E-state index contributed by atoms with van der Waals surface area (Å²) < 4.78 is 36.3. The van der Waals surface area contributed by atoms with Gasteiger partial charge in [-0.05, 0) is 37.8 Å². The van der Waals surface area contributed by atoms with Crippen LogP contribution >= 0.6 is 0 Å². The first-order valence-electron chi connectivity index (χ1n) is 12.9. The Balaban J connectivity index is 1.85. The highest BCUT2D eigenvalue weighted by molar-refractivity contribution is 7.89. The number of piperazine rings is 1. The lowest BCUT2D eigenvalue weighted by atomic mass is 10.1. The molecule has 2 heterocycles. The van der Waals surface area contributed by atoms with E-state index in [2.05, 4.69) is 37.7 Å². The maximum absolute atomic E-state index is 13.8. The standard InChI is InChI=1S/C26H41N5O4S/c1-7-30-19-22(26(32)29(17-20(3)4)18-21(5)6)25(27-30)36(33,34)31-15-13-28(14-16-31)23-11-9-10-12-24(23)35-8-2/h9-12,19-21H,7-8,13-18H2,1-6H3. The van der Waals surface area contributed by atoms with Crippen LogP contribution in [0.2, 0.25) is 0 Å². The van der Waals surface area contributed by atoms with E-state index in [0.717, 1.165) is 11.4 Å². The predicted molar refractivity (Wildman–Crippen MR) is 142 cm³/mol. The summed E-state index contributed by atoms with van der Waals surface area (Å²) in [6.07, 6.45) is 1.58. The van der Waals surface area contributed by atoms with Crippen LogP contribution in [0, 0.1) is 11.8 Å². The lowest BCUT2D eigenvalue weighted by molar-refractivity contribution is 0.0711. The van der Waals surface area contributed by atoms with Gasteiger partial charge in [-0.3, -0.25) is 9.48 Å². The largest absolute Gasteiger partial charge is 0.492 e. The molecular weight excluding hydrogens is 478 g/mol. The van der Waals surface area contributed by atoms with Crippen molar-refractivity contribution in [1.82, 2.24) is 19.0 Å². The SMILES string of the molecule is CCOc1ccccc1N1CCN(S(=O)(=O)c2nn(CC)cc2C(=O)N(CC(C)C)CC(C)C)CC1. The van der Waals surface area contributed by atoms with Crippen molar-refractivity contribution in [3.05, 3.63) is 36.0 Å². The number of para-hydroxylation sites is 2. The van der Waals surface area contributed by atoms with E-state index in [1.807, 2.05) is 38.1 Å². The Labute approximate surface area is 216 Å². The summed E-state index contributed by atoms with van der Waals surface area (Å²) in [6, 6.07) is 7.81. The van der Waals surface area contributed by atoms with Crippen LogP contribution in [0.25, 0.3) is 0 Å². The number of carbonyl (C=O) groups excluding carboxylic acids is 1. The molecule has 0 unspecified atom stereocenters. The van der Waals surface area contributed by atoms with Crippen LogP contribution in [0.1, 0.15) is 51.9 Å². The van der Waals surface area contributed by atoms with Crippen LogP contribution in [0.4, 0.5) is 5.69 Å². The molecule has 0 radical (unpaired) electrons. The van der Waals surface area contributed by atoms with E-state index in [-0.39, 0.29) is 28.3 Å². The van der Waals surface area contributed by atoms with Crippen molar-refractivity contribution in [3.8, 4) is 5.75 Å². The van der Waals surface area contributed by atoms with E-state index >= 15 is 0 Å². The van der Waals surface area contributed by atoms with E-state index in [0.29, 0.717) is 52.4 Å². The van der Waals surface area contributed by atoms with Crippen LogP contribution in [0.3, 0.4) is 0 Å². The second-order valence-electron chi connectivity index (χ2n) is 9.99. The number of hydrogen-bond donors (Lipinski definition) is 0. The third-order valence-corrected chi connectivity index (χ3v) is 7.90. The van der Waals surface area contributed by atoms with Gasteiger partial charge in [0.2, 0.25) is 5.03 Å². The molecule has 10 heteroatoms. The highest BCUT2D eigenvalue weighted by Gasteiger charge is 2.36. The van der Waals surface area contributed by atoms with Gasteiger partial charge in [0.15, 0.2) is 0 Å². The van der Waals surface area contributed by atoms with Gasteiger partial charge in [-0.1, -0.05) is 39.8 Å². The molecule has 0 bridgehead atoms. The Morgan fingerprint density at radius 1 is 1.03 bits per heavy atom. The van der Waals surface area contributed by atoms with Crippen molar-refractivity contribution >= 4 is 21.6 Å². The van der Waals surface area contributed by atoms with Gasteiger partial charge in [0.1, 0.15) is 5.75 Å². The van der Waals surface area contributed by atoms with Crippen LogP contribution in [0.15, 0.2) is 35.5 Å². The molecule has 2 aromatic rings. The van der Waals surface area contributed by atoms with Crippen molar-refractivity contribution in [3.63, 3.8) is 0 Å². The summed E-state index contributed by atoms with van der Waals surface area (Å²) in [6.45, 7) is 15.8. The minimum absolute atomic E-state index is 0.143. The fourth-order valence-electron chi connectivity index (χ4n) is 4.48. The van der Waals surface area contributed by atoms with Gasteiger partial charge in [0, 0.05) is 52.0 Å². The third-order valence-electron chi connectivity index (χ3n) is 6.07. The van der Waals surface area contributed by atoms with Gasteiger partial charge in [0.25, 0.3) is 15.9 Å². The second-order valence-corrected chi connectivity index (χ2v) is 11.8. The Hall–Kier alpha value is -2.59. The van der Waals surface area contributed by atoms with Gasteiger partial charge in [-0.2, -0.15) is 9.40 Å². The molecule has 1 aromatic carbocycles. The smallest absolute Gasteiger partial charge is 0.263 e. The van der Waals surface area contributed by atoms with Gasteiger partial charge in [-0.15, -0.1) is 0 Å². The second kappa shape index (κ2) is 12.1. The van der Waals surface area contributed by atoms with E-state index in [1.165, 1.54) is 8.99 Å². The average molecular weight is 520 g/mol.